The maximum atomic E-state index is 13.1. The topological polar surface area (TPSA) is 67.9 Å². The van der Waals surface area contributed by atoms with Gasteiger partial charge in [-0.15, -0.1) is 11.3 Å². The smallest absolute Gasteiger partial charge is 0.268 e. The number of ether oxygens (including phenoxy) is 2. The number of nitrogens with one attached hydrogen (secondary N) is 1. The van der Waals surface area contributed by atoms with Crippen LogP contribution in [0.2, 0.25) is 0 Å². The van der Waals surface area contributed by atoms with Gasteiger partial charge in [0.25, 0.3) is 5.91 Å². The first-order valence-corrected chi connectivity index (χ1v) is 10.4. The first-order chi connectivity index (χ1) is 13.5. The van der Waals surface area contributed by atoms with Crippen LogP contribution in [0.1, 0.15) is 25.1 Å². The van der Waals surface area contributed by atoms with Gasteiger partial charge in [0.05, 0.1) is 6.54 Å². The van der Waals surface area contributed by atoms with E-state index < -0.39 is 6.10 Å². The number of para-hydroxylation sites is 2. The van der Waals surface area contributed by atoms with Crippen LogP contribution in [0.5, 0.6) is 11.5 Å². The van der Waals surface area contributed by atoms with Crippen LogP contribution in [0.25, 0.3) is 0 Å². The molecule has 0 radical (unpaired) electrons. The average Bonchev–Trinajstić information content (AvgIpc) is 3.19. The molecule has 0 bridgehead atoms. The van der Waals surface area contributed by atoms with Crippen molar-refractivity contribution in [3.8, 4) is 11.5 Å². The lowest BCUT2D eigenvalue weighted by Crippen LogP contribution is -2.49. The van der Waals surface area contributed by atoms with E-state index in [0.29, 0.717) is 30.5 Å². The minimum atomic E-state index is -0.765. The van der Waals surface area contributed by atoms with Crippen molar-refractivity contribution in [3.63, 3.8) is 0 Å². The Kier molecular flexibility index (Phi) is 6.92. The molecular weight excluding hydrogens is 376 g/mol. The third-order valence-corrected chi connectivity index (χ3v) is 5.26. The molecule has 7 heteroatoms. The number of amides is 2. The third kappa shape index (κ3) is 5.48. The van der Waals surface area contributed by atoms with Gasteiger partial charge in [-0.3, -0.25) is 9.59 Å². The summed E-state index contributed by atoms with van der Waals surface area (Å²) in [6.07, 6.45) is 0.138. The van der Waals surface area contributed by atoms with Crippen LogP contribution in [0.4, 0.5) is 0 Å². The molecule has 1 aliphatic rings. The monoisotopic (exact) mass is 402 g/mol. The van der Waals surface area contributed by atoms with E-state index in [0.717, 1.165) is 11.3 Å². The van der Waals surface area contributed by atoms with Crippen LogP contribution in [0.3, 0.4) is 0 Å². The number of carbonyl (C=O) groups excluding carboxylic acids is 2. The highest BCUT2D eigenvalue weighted by Gasteiger charge is 2.32. The van der Waals surface area contributed by atoms with E-state index in [-0.39, 0.29) is 25.0 Å². The fraction of sp³-hybridized carbons (Fsp3) is 0.429. The number of carbonyl (C=O) groups is 2. The van der Waals surface area contributed by atoms with Crippen LogP contribution in [-0.2, 0) is 16.1 Å². The highest BCUT2D eigenvalue weighted by Crippen LogP contribution is 2.31. The molecule has 2 amide bonds. The molecule has 2 aromatic rings. The van der Waals surface area contributed by atoms with Crippen LogP contribution in [0, 0.1) is 5.92 Å². The summed E-state index contributed by atoms with van der Waals surface area (Å²) in [5.74, 6) is 1.27. The number of thiophene rings is 1. The van der Waals surface area contributed by atoms with Gasteiger partial charge in [-0.2, -0.15) is 0 Å². The Morgan fingerprint density at radius 3 is 2.71 bits per heavy atom. The number of nitrogens with zero attached hydrogens (tertiary/aromatic N) is 1. The van der Waals surface area contributed by atoms with E-state index in [9.17, 15) is 9.59 Å². The van der Waals surface area contributed by atoms with E-state index in [2.05, 4.69) is 19.2 Å². The van der Waals surface area contributed by atoms with E-state index >= 15 is 0 Å². The Morgan fingerprint density at radius 1 is 1.21 bits per heavy atom. The molecule has 1 unspecified atom stereocenters. The summed E-state index contributed by atoms with van der Waals surface area (Å²) >= 11 is 1.56. The second-order valence-corrected chi connectivity index (χ2v) is 8.20. The molecule has 1 aliphatic heterocycles. The first kappa shape index (κ1) is 20.2. The molecule has 6 nitrogen and oxygen atoms in total. The third-order valence-electron chi connectivity index (χ3n) is 4.40. The fourth-order valence-corrected chi connectivity index (χ4v) is 3.60. The molecule has 0 saturated heterocycles. The minimum absolute atomic E-state index is 0.00364. The average molecular weight is 403 g/mol. The molecule has 0 fully saturated rings. The number of hydrogen-bond acceptors (Lipinski definition) is 5. The number of hydrogen-bond donors (Lipinski definition) is 1. The lowest BCUT2D eigenvalue weighted by Gasteiger charge is -2.30. The molecule has 1 atom stereocenters. The summed E-state index contributed by atoms with van der Waals surface area (Å²) in [5, 5.41) is 4.85. The molecule has 3 rings (SSSR count). The molecular formula is C21H26N2O4S. The summed E-state index contributed by atoms with van der Waals surface area (Å²) in [6.45, 7) is 5.32. The second kappa shape index (κ2) is 9.59. The van der Waals surface area contributed by atoms with E-state index in [1.807, 2.05) is 35.7 Å². The van der Waals surface area contributed by atoms with Gasteiger partial charge in [0.15, 0.2) is 11.5 Å². The molecule has 0 spiro atoms. The van der Waals surface area contributed by atoms with E-state index in [4.69, 9.17) is 9.47 Å². The largest absolute Gasteiger partial charge is 0.485 e. The Morgan fingerprint density at radius 2 is 2.00 bits per heavy atom. The first-order valence-electron chi connectivity index (χ1n) is 9.49. The van der Waals surface area contributed by atoms with E-state index in [1.54, 1.807) is 22.3 Å². The predicted molar refractivity (Wildman–Crippen MR) is 109 cm³/mol. The maximum absolute atomic E-state index is 13.1. The van der Waals surface area contributed by atoms with Crippen LogP contribution in [-0.4, -0.2) is 42.5 Å². The lowest BCUT2D eigenvalue weighted by atomic mass is 10.1. The second-order valence-electron chi connectivity index (χ2n) is 7.17. The van der Waals surface area contributed by atoms with Crippen molar-refractivity contribution in [3.05, 3.63) is 46.7 Å². The van der Waals surface area contributed by atoms with Gasteiger partial charge >= 0.3 is 0 Å². The van der Waals surface area contributed by atoms with Crippen LogP contribution < -0.4 is 14.8 Å². The highest BCUT2D eigenvalue weighted by molar-refractivity contribution is 7.09. The van der Waals surface area contributed by atoms with Crippen molar-refractivity contribution in [2.24, 2.45) is 5.92 Å². The Balaban J connectivity index is 1.66. The zero-order valence-electron chi connectivity index (χ0n) is 16.2. The van der Waals surface area contributed by atoms with Gasteiger partial charge in [0, 0.05) is 11.4 Å². The molecule has 28 heavy (non-hydrogen) atoms. The summed E-state index contributed by atoms with van der Waals surface area (Å²) in [5.41, 5.74) is 0. The highest BCUT2D eigenvalue weighted by atomic mass is 32.1. The summed E-state index contributed by atoms with van der Waals surface area (Å²) in [7, 11) is 0. The maximum Gasteiger partial charge on any atom is 0.268 e. The van der Waals surface area contributed by atoms with E-state index in [1.165, 1.54) is 0 Å². The van der Waals surface area contributed by atoms with Crippen molar-refractivity contribution in [2.45, 2.75) is 32.9 Å². The van der Waals surface area contributed by atoms with Gasteiger partial charge in [-0.1, -0.05) is 32.0 Å². The SMILES string of the molecule is CC(C)CCNC(=O)CN(Cc1cccs1)C(=O)C1COc2ccccc2O1. The molecule has 0 saturated carbocycles. The van der Waals surface area contributed by atoms with Crippen molar-refractivity contribution in [1.29, 1.82) is 0 Å². The number of benzene rings is 1. The predicted octanol–water partition coefficient (Wildman–Crippen LogP) is 3.08. The minimum Gasteiger partial charge on any atom is -0.485 e. The fourth-order valence-electron chi connectivity index (χ4n) is 2.88. The van der Waals surface area contributed by atoms with Crippen LogP contribution >= 0.6 is 11.3 Å². The molecule has 150 valence electrons. The molecule has 1 aromatic heterocycles. The summed E-state index contributed by atoms with van der Waals surface area (Å²) in [6, 6.07) is 11.2. The quantitative estimate of drug-likeness (QED) is 0.737. The molecule has 1 N–H and O–H groups in total. The van der Waals surface area contributed by atoms with Crippen molar-refractivity contribution in [1.82, 2.24) is 10.2 Å². The zero-order chi connectivity index (χ0) is 19.9. The van der Waals surface area contributed by atoms with Crippen molar-refractivity contribution < 1.29 is 19.1 Å². The van der Waals surface area contributed by atoms with Crippen molar-refractivity contribution >= 4 is 23.2 Å². The molecule has 1 aromatic carbocycles. The lowest BCUT2D eigenvalue weighted by molar-refractivity contribution is -0.144. The number of rotatable bonds is 8. The number of fused-ring (bicyclic) bond motifs is 1. The zero-order valence-corrected chi connectivity index (χ0v) is 17.0. The Hall–Kier alpha value is -2.54. The Bertz CT molecular complexity index is 791. The molecule has 0 aliphatic carbocycles. The summed E-state index contributed by atoms with van der Waals surface area (Å²) < 4.78 is 11.5. The van der Waals surface area contributed by atoms with Crippen molar-refractivity contribution in [2.75, 3.05) is 19.7 Å². The van der Waals surface area contributed by atoms with Gasteiger partial charge in [-0.25, -0.2) is 0 Å². The van der Waals surface area contributed by atoms with Crippen LogP contribution in [0.15, 0.2) is 41.8 Å². The van der Waals surface area contributed by atoms with Gasteiger partial charge in [0.2, 0.25) is 12.0 Å². The normalized spacial score (nSPS) is 15.3. The Labute approximate surface area is 169 Å². The molecule has 2 heterocycles. The van der Waals surface area contributed by atoms with Gasteiger partial charge in [0.1, 0.15) is 13.2 Å². The summed E-state index contributed by atoms with van der Waals surface area (Å²) in [4.78, 5) is 28.0. The van der Waals surface area contributed by atoms with Gasteiger partial charge < -0.3 is 19.7 Å². The standard InChI is InChI=1S/C21H26N2O4S/c1-15(2)9-10-22-20(24)13-23(12-16-6-5-11-28-16)21(25)19-14-26-17-7-3-4-8-18(17)27-19/h3-8,11,15,19H,9-10,12-14H2,1-2H3,(H,22,24). The van der Waals surface area contributed by atoms with Gasteiger partial charge in [-0.05, 0) is 35.9 Å².